The molecule has 1 saturated heterocycles. The fourth-order valence-electron chi connectivity index (χ4n) is 3.47. The van der Waals surface area contributed by atoms with E-state index in [0.717, 1.165) is 45.2 Å². The second-order valence-electron chi connectivity index (χ2n) is 5.86. The summed E-state index contributed by atoms with van der Waals surface area (Å²) in [4.78, 5) is 13.9. The van der Waals surface area contributed by atoms with Crippen LogP contribution in [0.2, 0.25) is 0 Å². The van der Waals surface area contributed by atoms with Crippen molar-refractivity contribution in [3.05, 3.63) is 0 Å². The van der Waals surface area contributed by atoms with Gasteiger partial charge in [-0.2, -0.15) is 0 Å². The summed E-state index contributed by atoms with van der Waals surface area (Å²) in [6.07, 6.45) is 5.69. The predicted molar refractivity (Wildman–Crippen MR) is 66.8 cm³/mol. The van der Waals surface area contributed by atoms with Gasteiger partial charge in [0.05, 0.1) is 0 Å². The summed E-state index contributed by atoms with van der Waals surface area (Å²) in [5, 5.41) is 9.65. The Bertz CT molecular complexity index is 287. The standard InChI is InChI=1S/C13H24N2O2/c1-10-3-2-6-13(9-10,12(16)17)15-7-4-11(14)5-8-15/h10-11H,2-9,14H2,1H3,(H,16,17). The van der Waals surface area contributed by atoms with E-state index in [1.165, 1.54) is 6.42 Å². The highest BCUT2D eigenvalue weighted by atomic mass is 16.4. The molecule has 1 heterocycles. The van der Waals surface area contributed by atoms with E-state index >= 15 is 0 Å². The number of rotatable bonds is 2. The molecule has 3 N–H and O–H groups in total. The maximum Gasteiger partial charge on any atom is 0.324 e. The zero-order valence-corrected chi connectivity index (χ0v) is 10.7. The summed E-state index contributed by atoms with van der Waals surface area (Å²) in [6, 6.07) is 0.262. The van der Waals surface area contributed by atoms with Crippen LogP contribution in [0.4, 0.5) is 0 Å². The van der Waals surface area contributed by atoms with Crippen LogP contribution < -0.4 is 5.73 Å². The molecule has 17 heavy (non-hydrogen) atoms. The molecule has 2 aliphatic rings. The molecule has 0 bridgehead atoms. The van der Waals surface area contributed by atoms with Crippen molar-refractivity contribution in [1.29, 1.82) is 0 Å². The predicted octanol–water partition coefficient (Wildman–Crippen LogP) is 1.44. The Balaban J connectivity index is 2.13. The molecule has 1 aliphatic heterocycles. The lowest BCUT2D eigenvalue weighted by molar-refractivity contribution is -0.156. The number of hydrogen-bond donors (Lipinski definition) is 2. The maximum atomic E-state index is 11.7. The molecular formula is C13H24N2O2. The Hall–Kier alpha value is -0.610. The lowest BCUT2D eigenvalue weighted by Gasteiger charge is -2.47. The first-order valence-electron chi connectivity index (χ1n) is 6.78. The van der Waals surface area contributed by atoms with Crippen molar-refractivity contribution in [1.82, 2.24) is 4.90 Å². The molecule has 2 unspecified atom stereocenters. The zero-order valence-electron chi connectivity index (χ0n) is 10.7. The second-order valence-corrected chi connectivity index (χ2v) is 5.86. The summed E-state index contributed by atoms with van der Waals surface area (Å²) < 4.78 is 0. The molecule has 2 atom stereocenters. The normalized spacial score (nSPS) is 36.9. The molecule has 1 aliphatic carbocycles. The smallest absolute Gasteiger partial charge is 0.324 e. The van der Waals surface area contributed by atoms with Gasteiger partial charge in [-0.25, -0.2) is 0 Å². The third kappa shape index (κ3) is 2.47. The number of nitrogens with two attached hydrogens (primary N) is 1. The number of carbonyl (C=O) groups is 1. The molecule has 2 rings (SSSR count). The number of likely N-dealkylation sites (tertiary alicyclic amines) is 1. The first kappa shape index (κ1) is 12.8. The average Bonchev–Trinajstić information content (AvgIpc) is 2.29. The molecule has 0 radical (unpaired) electrons. The van der Waals surface area contributed by atoms with Gasteiger partial charge in [0.15, 0.2) is 0 Å². The minimum Gasteiger partial charge on any atom is -0.480 e. The highest BCUT2D eigenvalue weighted by molar-refractivity contribution is 5.79. The van der Waals surface area contributed by atoms with E-state index in [9.17, 15) is 9.90 Å². The van der Waals surface area contributed by atoms with E-state index in [1.807, 2.05) is 0 Å². The fraction of sp³-hybridized carbons (Fsp3) is 0.923. The van der Waals surface area contributed by atoms with Crippen molar-refractivity contribution in [3.63, 3.8) is 0 Å². The molecular weight excluding hydrogens is 216 g/mol. The summed E-state index contributed by atoms with van der Waals surface area (Å²) >= 11 is 0. The Morgan fingerprint density at radius 3 is 2.53 bits per heavy atom. The van der Waals surface area contributed by atoms with Crippen LogP contribution in [0, 0.1) is 5.92 Å². The fourth-order valence-corrected chi connectivity index (χ4v) is 3.47. The molecule has 0 amide bonds. The topological polar surface area (TPSA) is 66.6 Å². The lowest BCUT2D eigenvalue weighted by atomic mass is 9.74. The van der Waals surface area contributed by atoms with Gasteiger partial charge in [-0.05, 0) is 31.6 Å². The van der Waals surface area contributed by atoms with Gasteiger partial charge in [-0.15, -0.1) is 0 Å². The number of piperidine rings is 1. The van der Waals surface area contributed by atoms with Crippen LogP contribution in [-0.4, -0.2) is 40.6 Å². The highest BCUT2D eigenvalue weighted by Gasteiger charge is 2.47. The molecule has 0 aromatic carbocycles. The maximum absolute atomic E-state index is 11.7. The van der Waals surface area contributed by atoms with E-state index in [1.54, 1.807) is 0 Å². The summed E-state index contributed by atoms with van der Waals surface area (Å²) in [7, 11) is 0. The average molecular weight is 240 g/mol. The molecule has 98 valence electrons. The Labute approximate surface area is 103 Å². The summed E-state index contributed by atoms with van der Waals surface area (Å²) in [5.74, 6) is -0.102. The van der Waals surface area contributed by atoms with Crippen molar-refractivity contribution in [2.24, 2.45) is 11.7 Å². The molecule has 0 aromatic rings. The Kier molecular flexibility index (Phi) is 3.73. The van der Waals surface area contributed by atoms with Crippen LogP contribution in [0.3, 0.4) is 0 Å². The second kappa shape index (κ2) is 4.94. The molecule has 0 aromatic heterocycles. The number of carboxylic acid groups (broad SMARTS) is 1. The van der Waals surface area contributed by atoms with Gasteiger partial charge in [0.25, 0.3) is 0 Å². The van der Waals surface area contributed by atoms with Crippen molar-refractivity contribution < 1.29 is 9.90 Å². The van der Waals surface area contributed by atoms with E-state index in [2.05, 4.69) is 11.8 Å². The number of nitrogens with zero attached hydrogens (tertiary/aromatic N) is 1. The van der Waals surface area contributed by atoms with Crippen LogP contribution in [0.25, 0.3) is 0 Å². The zero-order chi connectivity index (χ0) is 12.5. The van der Waals surface area contributed by atoms with Gasteiger partial charge < -0.3 is 10.8 Å². The number of carboxylic acids is 1. The minimum absolute atomic E-state index is 0.262. The van der Waals surface area contributed by atoms with Gasteiger partial charge in [0.2, 0.25) is 0 Å². The third-order valence-electron chi connectivity index (χ3n) is 4.52. The SMILES string of the molecule is CC1CCCC(C(=O)O)(N2CCC(N)CC2)C1. The van der Waals surface area contributed by atoms with Gasteiger partial charge in [-0.3, -0.25) is 9.69 Å². The van der Waals surface area contributed by atoms with Crippen LogP contribution in [0.15, 0.2) is 0 Å². The van der Waals surface area contributed by atoms with Crippen LogP contribution in [0.5, 0.6) is 0 Å². The van der Waals surface area contributed by atoms with Crippen molar-refractivity contribution in [2.75, 3.05) is 13.1 Å². The molecule has 4 nitrogen and oxygen atoms in total. The highest BCUT2D eigenvalue weighted by Crippen LogP contribution is 2.38. The van der Waals surface area contributed by atoms with Crippen molar-refractivity contribution >= 4 is 5.97 Å². The molecule has 1 saturated carbocycles. The quantitative estimate of drug-likeness (QED) is 0.766. The molecule has 0 spiro atoms. The Morgan fingerprint density at radius 1 is 1.35 bits per heavy atom. The minimum atomic E-state index is -0.625. The van der Waals surface area contributed by atoms with Crippen molar-refractivity contribution in [2.45, 2.75) is 57.0 Å². The Morgan fingerprint density at radius 2 is 2.00 bits per heavy atom. The number of aliphatic carboxylic acids is 1. The first-order chi connectivity index (χ1) is 8.04. The van der Waals surface area contributed by atoms with E-state index in [-0.39, 0.29) is 6.04 Å². The van der Waals surface area contributed by atoms with Gasteiger partial charge in [-0.1, -0.05) is 19.8 Å². The lowest BCUT2D eigenvalue weighted by Crippen LogP contribution is -2.60. The van der Waals surface area contributed by atoms with Crippen LogP contribution in [-0.2, 0) is 4.79 Å². The van der Waals surface area contributed by atoms with Crippen molar-refractivity contribution in [3.8, 4) is 0 Å². The summed E-state index contributed by atoms with van der Waals surface area (Å²) in [5.41, 5.74) is 5.30. The molecule has 4 heteroatoms. The third-order valence-corrected chi connectivity index (χ3v) is 4.52. The van der Waals surface area contributed by atoms with E-state index in [4.69, 9.17) is 5.73 Å². The van der Waals surface area contributed by atoms with Crippen LogP contribution in [0.1, 0.15) is 45.4 Å². The monoisotopic (exact) mass is 240 g/mol. The largest absolute Gasteiger partial charge is 0.480 e. The van der Waals surface area contributed by atoms with Gasteiger partial charge >= 0.3 is 5.97 Å². The van der Waals surface area contributed by atoms with Crippen LogP contribution >= 0.6 is 0 Å². The van der Waals surface area contributed by atoms with Gasteiger partial charge in [0.1, 0.15) is 5.54 Å². The first-order valence-corrected chi connectivity index (χ1v) is 6.78. The van der Waals surface area contributed by atoms with E-state index < -0.39 is 11.5 Å². The summed E-state index contributed by atoms with van der Waals surface area (Å²) in [6.45, 7) is 3.87. The van der Waals surface area contributed by atoms with Gasteiger partial charge in [0, 0.05) is 19.1 Å². The van der Waals surface area contributed by atoms with E-state index in [0.29, 0.717) is 5.92 Å². The number of hydrogen-bond acceptors (Lipinski definition) is 3. The molecule has 2 fully saturated rings.